The van der Waals surface area contributed by atoms with Crippen LogP contribution in [0, 0.1) is 0 Å². The fourth-order valence-corrected chi connectivity index (χ4v) is 1.71. The topological polar surface area (TPSA) is 29.5 Å². The minimum Gasteiger partial charge on any atom is -0.450 e. The Kier molecular flexibility index (Phi) is 5.19. The normalized spacial score (nSPS) is 9.94. The number of nitrogens with zero attached hydrogens (tertiary/aromatic N) is 1. The maximum Gasteiger partial charge on any atom is 0.409 e. The van der Waals surface area contributed by atoms with E-state index >= 15 is 0 Å². The molecule has 88 valence electrons. The molecule has 0 atom stereocenters. The Morgan fingerprint density at radius 3 is 2.50 bits per heavy atom. The zero-order valence-corrected chi connectivity index (χ0v) is 10.7. The van der Waals surface area contributed by atoms with E-state index in [1.807, 2.05) is 18.4 Å². The van der Waals surface area contributed by atoms with Gasteiger partial charge in [0.05, 0.1) is 6.61 Å². The van der Waals surface area contributed by atoms with Crippen LogP contribution in [-0.2, 0) is 11.3 Å². The van der Waals surface area contributed by atoms with E-state index < -0.39 is 0 Å². The van der Waals surface area contributed by atoms with E-state index in [0.717, 1.165) is 5.56 Å². The van der Waals surface area contributed by atoms with Gasteiger partial charge in [-0.3, -0.25) is 0 Å². The number of rotatable bonds is 4. The van der Waals surface area contributed by atoms with Crippen molar-refractivity contribution >= 4 is 17.9 Å². The van der Waals surface area contributed by atoms with Gasteiger partial charge in [-0.2, -0.15) is 0 Å². The van der Waals surface area contributed by atoms with Crippen molar-refractivity contribution < 1.29 is 9.53 Å². The van der Waals surface area contributed by atoms with E-state index in [1.54, 1.807) is 30.6 Å². The van der Waals surface area contributed by atoms with Gasteiger partial charge in [-0.25, -0.2) is 4.79 Å². The molecular weight excluding hydrogens is 222 g/mol. The molecule has 1 rings (SSSR count). The zero-order valence-electron chi connectivity index (χ0n) is 9.90. The number of thioether (sulfide) groups is 1. The molecule has 0 fully saturated rings. The average molecular weight is 239 g/mol. The quantitative estimate of drug-likeness (QED) is 0.756. The summed E-state index contributed by atoms with van der Waals surface area (Å²) >= 11 is 1.71. The van der Waals surface area contributed by atoms with Crippen LogP contribution in [0.1, 0.15) is 12.5 Å². The number of carbonyl (C=O) groups excluding carboxylic acids is 1. The molecule has 0 radical (unpaired) electrons. The second kappa shape index (κ2) is 6.43. The molecule has 0 aliphatic carbocycles. The first-order valence-corrected chi connectivity index (χ1v) is 6.40. The SMILES string of the molecule is CCOC(=O)N(C)Cc1ccc(SC)cc1. The van der Waals surface area contributed by atoms with Crippen LogP contribution in [0.25, 0.3) is 0 Å². The Labute approximate surface area is 101 Å². The highest BCUT2D eigenvalue weighted by atomic mass is 32.2. The lowest BCUT2D eigenvalue weighted by molar-refractivity contribution is 0.114. The monoisotopic (exact) mass is 239 g/mol. The lowest BCUT2D eigenvalue weighted by atomic mass is 10.2. The van der Waals surface area contributed by atoms with E-state index in [-0.39, 0.29) is 6.09 Å². The summed E-state index contributed by atoms with van der Waals surface area (Å²) in [5.74, 6) is 0. The molecule has 16 heavy (non-hydrogen) atoms. The smallest absolute Gasteiger partial charge is 0.409 e. The van der Waals surface area contributed by atoms with Crippen LogP contribution in [0.5, 0.6) is 0 Å². The van der Waals surface area contributed by atoms with Gasteiger partial charge < -0.3 is 9.64 Å². The summed E-state index contributed by atoms with van der Waals surface area (Å²) in [6.45, 7) is 2.79. The van der Waals surface area contributed by atoms with Crippen LogP contribution in [0.15, 0.2) is 29.2 Å². The summed E-state index contributed by atoms with van der Waals surface area (Å²) in [6, 6.07) is 8.17. The Bertz CT molecular complexity index is 337. The minimum absolute atomic E-state index is 0.281. The van der Waals surface area contributed by atoms with Gasteiger partial charge in [0.25, 0.3) is 0 Å². The van der Waals surface area contributed by atoms with E-state index in [0.29, 0.717) is 13.2 Å². The molecule has 0 aromatic heterocycles. The fraction of sp³-hybridized carbons (Fsp3) is 0.417. The van der Waals surface area contributed by atoms with E-state index in [2.05, 4.69) is 12.1 Å². The van der Waals surface area contributed by atoms with E-state index in [1.165, 1.54) is 4.90 Å². The van der Waals surface area contributed by atoms with Crippen molar-refractivity contribution in [2.24, 2.45) is 0 Å². The van der Waals surface area contributed by atoms with Crippen LogP contribution >= 0.6 is 11.8 Å². The number of amides is 1. The molecule has 0 spiro atoms. The highest BCUT2D eigenvalue weighted by molar-refractivity contribution is 7.98. The van der Waals surface area contributed by atoms with Crippen molar-refractivity contribution in [3.8, 4) is 0 Å². The Morgan fingerprint density at radius 2 is 2.00 bits per heavy atom. The average Bonchev–Trinajstić information content (AvgIpc) is 2.30. The molecule has 0 saturated heterocycles. The van der Waals surface area contributed by atoms with Crippen LogP contribution in [0.4, 0.5) is 4.79 Å². The Morgan fingerprint density at radius 1 is 1.38 bits per heavy atom. The molecule has 1 aromatic rings. The van der Waals surface area contributed by atoms with Crippen molar-refractivity contribution in [2.75, 3.05) is 19.9 Å². The number of hydrogen-bond acceptors (Lipinski definition) is 3. The maximum absolute atomic E-state index is 11.4. The number of benzene rings is 1. The van der Waals surface area contributed by atoms with Gasteiger partial charge >= 0.3 is 6.09 Å². The summed E-state index contributed by atoms with van der Waals surface area (Å²) in [5, 5.41) is 0. The third-order valence-electron chi connectivity index (χ3n) is 2.16. The molecule has 1 amide bonds. The molecule has 0 unspecified atom stereocenters. The van der Waals surface area contributed by atoms with Crippen molar-refractivity contribution in [2.45, 2.75) is 18.4 Å². The van der Waals surface area contributed by atoms with Crippen molar-refractivity contribution in [1.29, 1.82) is 0 Å². The predicted octanol–water partition coefficient (Wildman–Crippen LogP) is 3.00. The molecular formula is C12H17NO2S. The first-order valence-electron chi connectivity index (χ1n) is 5.18. The molecule has 0 N–H and O–H groups in total. The number of carbonyl (C=O) groups is 1. The minimum atomic E-state index is -0.281. The molecule has 4 heteroatoms. The zero-order chi connectivity index (χ0) is 12.0. The first-order chi connectivity index (χ1) is 7.67. The Hall–Kier alpha value is -1.16. The maximum atomic E-state index is 11.4. The number of hydrogen-bond donors (Lipinski definition) is 0. The summed E-state index contributed by atoms with van der Waals surface area (Å²) in [6.07, 6.45) is 1.76. The standard InChI is InChI=1S/C12H17NO2S/c1-4-15-12(14)13(2)9-10-5-7-11(16-3)8-6-10/h5-8H,4,9H2,1-3H3. The second-order valence-corrected chi connectivity index (χ2v) is 4.28. The third-order valence-corrected chi connectivity index (χ3v) is 2.90. The van der Waals surface area contributed by atoms with Crippen LogP contribution in [-0.4, -0.2) is 30.9 Å². The van der Waals surface area contributed by atoms with Crippen molar-refractivity contribution in [1.82, 2.24) is 4.90 Å². The van der Waals surface area contributed by atoms with Crippen molar-refractivity contribution in [3.05, 3.63) is 29.8 Å². The molecule has 0 saturated carbocycles. The van der Waals surface area contributed by atoms with Gasteiger partial charge in [-0.1, -0.05) is 12.1 Å². The van der Waals surface area contributed by atoms with E-state index in [9.17, 15) is 4.79 Å². The van der Waals surface area contributed by atoms with Gasteiger partial charge in [-0.05, 0) is 30.9 Å². The highest BCUT2D eigenvalue weighted by Crippen LogP contribution is 2.15. The summed E-state index contributed by atoms with van der Waals surface area (Å²) in [4.78, 5) is 14.2. The van der Waals surface area contributed by atoms with Crippen LogP contribution < -0.4 is 0 Å². The lowest BCUT2D eigenvalue weighted by Crippen LogP contribution is -2.26. The molecule has 0 aliphatic rings. The van der Waals surface area contributed by atoms with Crippen molar-refractivity contribution in [3.63, 3.8) is 0 Å². The second-order valence-electron chi connectivity index (χ2n) is 3.40. The molecule has 0 aliphatic heterocycles. The summed E-state index contributed by atoms with van der Waals surface area (Å²) < 4.78 is 4.90. The molecule has 0 bridgehead atoms. The summed E-state index contributed by atoms with van der Waals surface area (Å²) in [7, 11) is 1.74. The fourth-order valence-electron chi connectivity index (χ4n) is 1.30. The summed E-state index contributed by atoms with van der Waals surface area (Å²) in [5.41, 5.74) is 1.10. The third kappa shape index (κ3) is 3.77. The lowest BCUT2D eigenvalue weighted by Gasteiger charge is -2.16. The molecule has 0 heterocycles. The molecule has 1 aromatic carbocycles. The molecule has 3 nitrogen and oxygen atoms in total. The predicted molar refractivity (Wildman–Crippen MR) is 66.7 cm³/mol. The van der Waals surface area contributed by atoms with Crippen LogP contribution in [0.3, 0.4) is 0 Å². The van der Waals surface area contributed by atoms with Crippen LogP contribution in [0.2, 0.25) is 0 Å². The van der Waals surface area contributed by atoms with Gasteiger partial charge in [0, 0.05) is 18.5 Å². The Balaban J connectivity index is 2.55. The highest BCUT2D eigenvalue weighted by Gasteiger charge is 2.09. The number of ether oxygens (including phenoxy) is 1. The van der Waals surface area contributed by atoms with Gasteiger partial charge in [0.15, 0.2) is 0 Å². The van der Waals surface area contributed by atoms with Gasteiger partial charge in [-0.15, -0.1) is 11.8 Å². The van der Waals surface area contributed by atoms with Gasteiger partial charge in [0.2, 0.25) is 0 Å². The van der Waals surface area contributed by atoms with Gasteiger partial charge in [0.1, 0.15) is 0 Å². The first kappa shape index (κ1) is 12.9. The van der Waals surface area contributed by atoms with E-state index in [4.69, 9.17) is 4.74 Å². The largest absolute Gasteiger partial charge is 0.450 e.